The number of nitrogens with zero attached hydrogens (tertiary/aromatic N) is 4. The van der Waals surface area contributed by atoms with Crippen LogP contribution < -0.4 is 10.2 Å². The summed E-state index contributed by atoms with van der Waals surface area (Å²) in [5.41, 5.74) is 0.538. The molecule has 116 valence electrons. The second kappa shape index (κ2) is 6.71. The van der Waals surface area contributed by atoms with E-state index in [4.69, 9.17) is 0 Å². The molecule has 2 aliphatic rings. The highest BCUT2D eigenvalue weighted by Gasteiger charge is 2.33. The van der Waals surface area contributed by atoms with E-state index in [2.05, 4.69) is 32.0 Å². The molecule has 3 rings (SSSR count). The molecule has 0 unspecified atom stereocenters. The fraction of sp³-hybridized carbons (Fsp3) is 0.750. The second-order valence-electron chi connectivity index (χ2n) is 6.42. The summed E-state index contributed by atoms with van der Waals surface area (Å²) in [6.07, 6.45) is 7.61. The van der Waals surface area contributed by atoms with E-state index in [1.54, 1.807) is 0 Å². The van der Waals surface area contributed by atoms with E-state index >= 15 is 0 Å². The maximum Gasteiger partial charge on any atom is 0.225 e. The van der Waals surface area contributed by atoms with Crippen molar-refractivity contribution in [2.75, 3.05) is 50.7 Å². The molecule has 2 aliphatic heterocycles. The molecule has 0 aliphatic carbocycles. The minimum Gasteiger partial charge on any atom is -0.338 e. The van der Waals surface area contributed by atoms with E-state index in [0.29, 0.717) is 5.41 Å². The number of nitrogens with one attached hydrogen (secondary N) is 1. The van der Waals surface area contributed by atoms with Crippen molar-refractivity contribution in [1.29, 1.82) is 0 Å². The zero-order valence-electron chi connectivity index (χ0n) is 13.1. The van der Waals surface area contributed by atoms with Crippen molar-refractivity contribution >= 4 is 5.95 Å². The number of piperazine rings is 1. The Kier molecular flexibility index (Phi) is 4.70. The molecule has 1 aromatic rings. The van der Waals surface area contributed by atoms with Crippen molar-refractivity contribution in [3.05, 3.63) is 18.5 Å². The average molecular weight is 289 g/mol. The third-order valence-electron chi connectivity index (χ3n) is 5.18. The van der Waals surface area contributed by atoms with Crippen LogP contribution in [0.5, 0.6) is 0 Å². The molecule has 21 heavy (non-hydrogen) atoms. The molecule has 3 heterocycles. The highest BCUT2D eigenvalue weighted by atomic mass is 15.3. The third-order valence-corrected chi connectivity index (χ3v) is 5.18. The molecular weight excluding hydrogens is 262 g/mol. The first-order valence-electron chi connectivity index (χ1n) is 8.26. The van der Waals surface area contributed by atoms with Crippen LogP contribution in [0.3, 0.4) is 0 Å². The van der Waals surface area contributed by atoms with E-state index in [9.17, 15) is 0 Å². The van der Waals surface area contributed by atoms with Gasteiger partial charge in [-0.3, -0.25) is 4.90 Å². The summed E-state index contributed by atoms with van der Waals surface area (Å²) in [4.78, 5) is 13.7. The van der Waals surface area contributed by atoms with E-state index in [-0.39, 0.29) is 0 Å². The van der Waals surface area contributed by atoms with Crippen molar-refractivity contribution in [1.82, 2.24) is 20.2 Å². The highest BCUT2D eigenvalue weighted by molar-refractivity contribution is 5.29. The lowest BCUT2D eigenvalue weighted by atomic mass is 9.76. The van der Waals surface area contributed by atoms with Crippen molar-refractivity contribution < 1.29 is 0 Å². The summed E-state index contributed by atoms with van der Waals surface area (Å²) >= 11 is 0. The fourth-order valence-corrected chi connectivity index (χ4v) is 3.62. The molecule has 0 atom stereocenters. The van der Waals surface area contributed by atoms with Crippen molar-refractivity contribution in [3.63, 3.8) is 0 Å². The predicted octanol–water partition coefficient (Wildman–Crippen LogP) is 1.38. The molecule has 0 amide bonds. The van der Waals surface area contributed by atoms with Gasteiger partial charge in [-0.05, 0) is 43.8 Å². The standard InChI is InChI=1S/C16H27N5/c1-2-16(4-8-17-9-5-16)14-20-10-12-21(13-11-20)15-18-6-3-7-19-15/h3,6-7,17H,2,4-5,8-14H2,1H3. The third kappa shape index (κ3) is 3.52. The van der Waals surface area contributed by atoms with Gasteiger partial charge < -0.3 is 10.2 Å². The van der Waals surface area contributed by atoms with Crippen LogP contribution in [0, 0.1) is 5.41 Å². The van der Waals surface area contributed by atoms with Gasteiger partial charge in [0.1, 0.15) is 0 Å². The Morgan fingerprint density at radius 2 is 1.76 bits per heavy atom. The number of piperidine rings is 1. The van der Waals surface area contributed by atoms with Crippen LogP contribution in [0.4, 0.5) is 5.95 Å². The quantitative estimate of drug-likeness (QED) is 0.907. The summed E-state index contributed by atoms with van der Waals surface area (Å²) in [5.74, 6) is 0.879. The summed E-state index contributed by atoms with van der Waals surface area (Å²) in [5, 5.41) is 3.50. The summed E-state index contributed by atoms with van der Waals surface area (Å²) in [7, 11) is 0. The van der Waals surface area contributed by atoms with Crippen LogP contribution in [0.2, 0.25) is 0 Å². The molecule has 0 bridgehead atoms. The zero-order valence-corrected chi connectivity index (χ0v) is 13.1. The maximum atomic E-state index is 4.36. The van der Waals surface area contributed by atoms with Crippen LogP contribution >= 0.6 is 0 Å². The van der Waals surface area contributed by atoms with Crippen molar-refractivity contribution in [2.45, 2.75) is 26.2 Å². The summed E-state index contributed by atoms with van der Waals surface area (Å²) in [6, 6.07) is 1.88. The molecule has 1 aromatic heterocycles. The number of aromatic nitrogens is 2. The van der Waals surface area contributed by atoms with E-state index in [0.717, 1.165) is 32.1 Å². The molecular formula is C16H27N5. The van der Waals surface area contributed by atoms with Gasteiger partial charge in [-0.25, -0.2) is 9.97 Å². The average Bonchev–Trinajstić information content (AvgIpc) is 2.57. The van der Waals surface area contributed by atoms with Crippen LogP contribution in [0.25, 0.3) is 0 Å². The second-order valence-corrected chi connectivity index (χ2v) is 6.42. The smallest absolute Gasteiger partial charge is 0.225 e. The van der Waals surface area contributed by atoms with E-state index in [1.165, 1.54) is 38.9 Å². The van der Waals surface area contributed by atoms with Gasteiger partial charge in [0.2, 0.25) is 5.95 Å². The molecule has 5 heteroatoms. The van der Waals surface area contributed by atoms with Gasteiger partial charge in [0.15, 0.2) is 0 Å². The van der Waals surface area contributed by atoms with Gasteiger partial charge in [0.05, 0.1) is 0 Å². The lowest BCUT2D eigenvalue weighted by molar-refractivity contribution is 0.102. The van der Waals surface area contributed by atoms with Gasteiger partial charge in [0, 0.05) is 45.1 Å². The fourth-order valence-electron chi connectivity index (χ4n) is 3.62. The first kappa shape index (κ1) is 14.7. The topological polar surface area (TPSA) is 44.3 Å². The molecule has 5 nitrogen and oxygen atoms in total. The van der Waals surface area contributed by atoms with Crippen molar-refractivity contribution in [2.24, 2.45) is 5.41 Å². The normalized spacial score (nSPS) is 23.2. The number of hydrogen-bond acceptors (Lipinski definition) is 5. The van der Waals surface area contributed by atoms with Gasteiger partial charge in [-0.2, -0.15) is 0 Å². The lowest BCUT2D eigenvalue weighted by Gasteiger charge is -2.43. The molecule has 2 fully saturated rings. The number of anilines is 1. The monoisotopic (exact) mass is 289 g/mol. The van der Waals surface area contributed by atoms with Crippen LogP contribution in [0.1, 0.15) is 26.2 Å². The first-order chi connectivity index (χ1) is 10.3. The van der Waals surface area contributed by atoms with Crippen LogP contribution in [-0.2, 0) is 0 Å². The van der Waals surface area contributed by atoms with Gasteiger partial charge >= 0.3 is 0 Å². The Bertz CT molecular complexity index is 422. The maximum absolute atomic E-state index is 4.36. The summed E-state index contributed by atoms with van der Waals surface area (Å²) in [6.45, 7) is 10.3. The Labute approximate surface area is 127 Å². The van der Waals surface area contributed by atoms with Crippen molar-refractivity contribution in [3.8, 4) is 0 Å². The number of rotatable bonds is 4. The van der Waals surface area contributed by atoms with Gasteiger partial charge in [-0.15, -0.1) is 0 Å². The lowest BCUT2D eigenvalue weighted by Crippen LogP contribution is -2.52. The zero-order chi connectivity index (χ0) is 14.5. The Hall–Kier alpha value is -1.20. The van der Waals surface area contributed by atoms with Gasteiger partial charge in [0.25, 0.3) is 0 Å². The largest absolute Gasteiger partial charge is 0.338 e. The molecule has 0 saturated carbocycles. The minimum absolute atomic E-state index is 0.538. The minimum atomic E-state index is 0.538. The highest BCUT2D eigenvalue weighted by Crippen LogP contribution is 2.33. The molecule has 0 radical (unpaired) electrons. The van der Waals surface area contributed by atoms with Crippen LogP contribution in [-0.4, -0.2) is 60.7 Å². The Morgan fingerprint density at radius 1 is 1.10 bits per heavy atom. The van der Waals surface area contributed by atoms with Crippen LogP contribution in [0.15, 0.2) is 18.5 Å². The van der Waals surface area contributed by atoms with E-state index in [1.807, 2.05) is 18.5 Å². The first-order valence-corrected chi connectivity index (χ1v) is 8.26. The molecule has 2 saturated heterocycles. The number of hydrogen-bond donors (Lipinski definition) is 1. The Balaban J connectivity index is 1.53. The predicted molar refractivity (Wildman–Crippen MR) is 85.5 cm³/mol. The molecule has 0 spiro atoms. The van der Waals surface area contributed by atoms with Gasteiger partial charge in [-0.1, -0.05) is 6.92 Å². The SMILES string of the molecule is CCC1(CN2CCN(c3ncccn3)CC2)CCNCC1. The summed E-state index contributed by atoms with van der Waals surface area (Å²) < 4.78 is 0. The Morgan fingerprint density at radius 3 is 2.38 bits per heavy atom. The molecule has 0 aromatic carbocycles. The van der Waals surface area contributed by atoms with E-state index < -0.39 is 0 Å². The molecule has 1 N–H and O–H groups in total.